The van der Waals surface area contributed by atoms with Gasteiger partial charge < -0.3 is 5.11 Å². The minimum absolute atomic E-state index is 0.0485. The van der Waals surface area contributed by atoms with Crippen LogP contribution in [-0.2, 0) is 9.59 Å². The Morgan fingerprint density at radius 1 is 1.53 bits per heavy atom. The second kappa shape index (κ2) is 5.49. The first-order valence-electron chi connectivity index (χ1n) is 5.24. The smallest absolute Gasteiger partial charge is 0.303 e. The second-order valence-electron chi connectivity index (χ2n) is 3.75. The lowest BCUT2D eigenvalue weighted by Gasteiger charge is -2.13. The summed E-state index contributed by atoms with van der Waals surface area (Å²) in [5.41, 5.74) is 0. The van der Waals surface area contributed by atoms with Crippen molar-refractivity contribution in [2.75, 3.05) is 0 Å². The fourth-order valence-corrected chi connectivity index (χ4v) is 1.80. The summed E-state index contributed by atoms with van der Waals surface area (Å²) in [6.45, 7) is 2.03. The Labute approximate surface area is 89.5 Å². The molecule has 0 aromatic heterocycles. The topological polar surface area (TPSA) is 54.4 Å². The van der Waals surface area contributed by atoms with Crippen LogP contribution in [0.25, 0.3) is 0 Å². The molecule has 0 saturated carbocycles. The van der Waals surface area contributed by atoms with Gasteiger partial charge in [-0.15, -0.1) is 0 Å². The largest absolute Gasteiger partial charge is 0.481 e. The van der Waals surface area contributed by atoms with Crippen LogP contribution in [0.5, 0.6) is 0 Å². The van der Waals surface area contributed by atoms with Crippen LogP contribution >= 0.6 is 0 Å². The van der Waals surface area contributed by atoms with Crippen molar-refractivity contribution in [3.05, 3.63) is 24.3 Å². The second-order valence-corrected chi connectivity index (χ2v) is 3.75. The fraction of sp³-hybridized carbons (Fsp3) is 0.500. The summed E-state index contributed by atoms with van der Waals surface area (Å²) in [6.07, 6.45) is 8.84. The molecule has 3 nitrogen and oxygen atoms in total. The predicted molar refractivity (Wildman–Crippen MR) is 57.4 cm³/mol. The number of carboxylic acids is 1. The Morgan fingerprint density at radius 2 is 2.27 bits per heavy atom. The number of rotatable bonds is 5. The summed E-state index contributed by atoms with van der Waals surface area (Å²) in [4.78, 5) is 22.0. The molecule has 15 heavy (non-hydrogen) atoms. The number of carbonyl (C=O) groups is 2. The van der Waals surface area contributed by atoms with E-state index in [-0.39, 0.29) is 24.0 Å². The van der Waals surface area contributed by atoms with E-state index in [0.29, 0.717) is 6.42 Å². The lowest BCUT2D eigenvalue weighted by Crippen LogP contribution is -2.18. The lowest BCUT2D eigenvalue weighted by molar-refractivity contribution is -0.138. The van der Waals surface area contributed by atoms with Crippen molar-refractivity contribution in [3.63, 3.8) is 0 Å². The molecule has 0 aliphatic heterocycles. The molecule has 1 aliphatic carbocycles. The van der Waals surface area contributed by atoms with Crippen molar-refractivity contribution in [1.82, 2.24) is 0 Å². The molecule has 0 bridgehead atoms. The maximum Gasteiger partial charge on any atom is 0.303 e. The first-order valence-corrected chi connectivity index (χ1v) is 5.24. The van der Waals surface area contributed by atoms with E-state index in [1.54, 1.807) is 6.08 Å². The van der Waals surface area contributed by atoms with Gasteiger partial charge in [-0.1, -0.05) is 25.2 Å². The van der Waals surface area contributed by atoms with Crippen molar-refractivity contribution in [3.8, 4) is 0 Å². The summed E-state index contributed by atoms with van der Waals surface area (Å²) in [5.74, 6) is -1.08. The quantitative estimate of drug-likeness (QED) is 0.704. The molecule has 1 aliphatic rings. The highest BCUT2D eigenvalue weighted by molar-refractivity contribution is 5.95. The van der Waals surface area contributed by atoms with Gasteiger partial charge in [0, 0.05) is 5.92 Å². The van der Waals surface area contributed by atoms with E-state index in [2.05, 4.69) is 0 Å². The SMILES string of the molecule is CC/C=C/C[C@@H]1C(=O)C=C[C@@H]1CC(=O)O. The van der Waals surface area contributed by atoms with Gasteiger partial charge in [0.15, 0.2) is 5.78 Å². The summed E-state index contributed by atoms with van der Waals surface area (Å²) in [7, 11) is 0. The highest BCUT2D eigenvalue weighted by atomic mass is 16.4. The minimum Gasteiger partial charge on any atom is -0.481 e. The van der Waals surface area contributed by atoms with Gasteiger partial charge in [0.25, 0.3) is 0 Å². The van der Waals surface area contributed by atoms with Crippen LogP contribution in [0.15, 0.2) is 24.3 Å². The van der Waals surface area contributed by atoms with Gasteiger partial charge in [0.1, 0.15) is 0 Å². The average Bonchev–Trinajstić information content (AvgIpc) is 2.49. The van der Waals surface area contributed by atoms with Crippen LogP contribution in [0, 0.1) is 11.8 Å². The third-order valence-electron chi connectivity index (χ3n) is 2.59. The Hall–Kier alpha value is -1.38. The summed E-state index contributed by atoms with van der Waals surface area (Å²) < 4.78 is 0. The normalized spacial score (nSPS) is 25.3. The minimum atomic E-state index is -0.844. The maximum atomic E-state index is 11.4. The van der Waals surface area contributed by atoms with Crippen molar-refractivity contribution < 1.29 is 14.7 Å². The molecular weight excluding hydrogens is 192 g/mol. The zero-order chi connectivity index (χ0) is 11.3. The van der Waals surface area contributed by atoms with Crippen LogP contribution < -0.4 is 0 Å². The lowest BCUT2D eigenvalue weighted by atomic mass is 9.89. The van der Waals surface area contributed by atoms with Gasteiger partial charge in [-0.2, -0.15) is 0 Å². The van der Waals surface area contributed by atoms with E-state index in [1.807, 2.05) is 19.1 Å². The van der Waals surface area contributed by atoms with Crippen molar-refractivity contribution in [2.24, 2.45) is 11.8 Å². The number of ketones is 1. The molecule has 0 unspecified atom stereocenters. The fourth-order valence-electron chi connectivity index (χ4n) is 1.80. The average molecular weight is 208 g/mol. The zero-order valence-electron chi connectivity index (χ0n) is 8.85. The van der Waals surface area contributed by atoms with Gasteiger partial charge >= 0.3 is 5.97 Å². The van der Waals surface area contributed by atoms with Gasteiger partial charge in [-0.25, -0.2) is 0 Å². The van der Waals surface area contributed by atoms with Crippen LogP contribution in [-0.4, -0.2) is 16.9 Å². The molecule has 3 heteroatoms. The summed E-state index contributed by atoms with van der Waals surface area (Å²) >= 11 is 0. The number of hydrogen-bond acceptors (Lipinski definition) is 2. The van der Waals surface area contributed by atoms with E-state index >= 15 is 0 Å². The third kappa shape index (κ3) is 3.35. The molecule has 0 spiro atoms. The number of carbonyl (C=O) groups excluding carboxylic acids is 1. The monoisotopic (exact) mass is 208 g/mol. The molecule has 0 radical (unpaired) electrons. The number of allylic oxidation sites excluding steroid dienone is 4. The Kier molecular flexibility index (Phi) is 4.28. The molecule has 0 heterocycles. The predicted octanol–water partition coefficient (Wildman–Crippen LogP) is 2.19. The molecule has 0 fully saturated rings. The summed E-state index contributed by atoms with van der Waals surface area (Å²) in [6, 6.07) is 0. The van der Waals surface area contributed by atoms with E-state index in [0.717, 1.165) is 6.42 Å². The van der Waals surface area contributed by atoms with E-state index in [1.165, 1.54) is 6.08 Å². The molecular formula is C12H16O3. The molecule has 2 atom stereocenters. The first kappa shape index (κ1) is 11.7. The third-order valence-corrected chi connectivity index (χ3v) is 2.59. The molecule has 1 N–H and O–H groups in total. The highest BCUT2D eigenvalue weighted by Crippen LogP contribution is 2.28. The van der Waals surface area contributed by atoms with Crippen LogP contribution in [0.4, 0.5) is 0 Å². The molecule has 0 aromatic rings. The number of hydrogen-bond donors (Lipinski definition) is 1. The Balaban J connectivity index is 2.55. The van der Waals surface area contributed by atoms with Crippen molar-refractivity contribution >= 4 is 11.8 Å². The van der Waals surface area contributed by atoms with Crippen LogP contribution in [0.3, 0.4) is 0 Å². The molecule has 0 saturated heterocycles. The van der Waals surface area contributed by atoms with Gasteiger partial charge in [-0.05, 0) is 24.8 Å². The Bertz CT molecular complexity index is 302. The summed E-state index contributed by atoms with van der Waals surface area (Å²) in [5, 5.41) is 8.69. The van der Waals surface area contributed by atoms with Crippen molar-refractivity contribution in [2.45, 2.75) is 26.2 Å². The molecule has 0 aromatic carbocycles. The number of aliphatic carboxylic acids is 1. The maximum absolute atomic E-state index is 11.4. The highest BCUT2D eigenvalue weighted by Gasteiger charge is 2.30. The molecule has 1 rings (SSSR count). The van der Waals surface area contributed by atoms with Crippen LogP contribution in [0.2, 0.25) is 0 Å². The molecule has 82 valence electrons. The first-order chi connectivity index (χ1) is 7.15. The standard InChI is InChI=1S/C12H16O3/c1-2-3-4-5-10-9(8-12(14)15)6-7-11(10)13/h3-4,6-7,9-10H,2,5,8H2,1H3,(H,14,15)/b4-3+/t9-,10+/m1/s1. The van der Waals surface area contributed by atoms with Gasteiger partial charge in [0.05, 0.1) is 6.42 Å². The van der Waals surface area contributed by atoms with Crippen molar-refractivity contribution in [1.29, 1.82) is 0 Å². The van der Waals surface area contributed by atoms with E-state index in [4.69, 9.17) is 5.11 Å². The van der Waals surface area contributed by atoms with Gasteiger partial charge in [0.2, 0.25) is 0 Å². The molecule has 0 amide bonds. The van der Waals surface area contributed by atoms with Gasteiger partial charge in [-0.3, -0.25) is 9.59 Å². The van der Waals surface area contributed by atoms with E-state index < -0.39 is 5.97 Å². The van der Waals surface area contributed by atoms with Crippen LogP contribution in [0.1, 0.15) is 26.2 Å². The zero-order valence-corrected chi connectivity index (χ0v) is 8.85. The Morgan fingerprint density at radius 3 is 2.87 bits per heavy atom. The van der Waals surface area contributed by atoms with E-state index in [9.17, 15) is 9.59 Å². The number of carboxylic acid groups (broad SMARTS) is 1.